The van der Waals surface area contributed by atoms with E-state index in [9.17, 15) is 9.59 Å². The second-order valence-electron chi connectivity index (χ2n) is 5.62. The number of hydrogen-bond acceptors (Lipinski definition) is 4. The number of anilines is 1. The van der Waals surface area contributed by atoms with Crippen LogP contribution in [0.3, 0.4) is 0 Å². The smallest absolute Gasteiger partial charge is 0.237 e. The van der Waals surface area contributed by atoms with E-state index in [0.29, 0.717) is 17.1 Å². The van der Waals surface area contributed by atoms with Crippen LogP contribution in [0.15, 0.2) is 36.7 Å². The van der Waals surface area contributed by atoms with E-state index in [1.54, 1.807) is 60.0 Å². The molecule has 0 radical (unpaired) electrons. The maximum atomic E-state index is 12.3. The number of amides is 1. The first-order valence-corrected chi connectivity index (χ1v) is 9.12. The van der Waals surface area contributed by atoms with Crippen LogP contribution in [0.4, 0.5) is 5.69 Å². The highest BCUT2D eigenvalue weighted by Gasteiger charge is 2.15. The molecule has 5 nitrogen and oxygen atoms in total. The quantitative estimate of drug-likeness (QED) is 0.587. The first-order chi connectivity index (χ1) is 11.5. The molecule has 0 saturated carbocycles. The summed E-state index contributed by atoms with van der Waals surface area (Å²) in [7, 11) is 1.78. The molecule has 0 spiro atoms. The van der Waals surface area contributed by atoms with Gasteiger partial charge < -0.3 is 9.88 Å². The normalized spacial score (nSPS) is 12.0. The molecule has 24 heavy (non-hydrogen) atoms. The second-order valence-corrected chi connectivity index (χ2v) is 7.07. The van der Waals surface area contributed by atoms with Gasteiger partial charge in [0.2, 0.25) is 11.7 Å². The molecule has 6 heteroatoms. The van der Waals surface area contributed by atoms with Crippen LogP contribution in [0.5, 0.6) is 0 Å². The summed E-state index contributed by atoms with van der Waals surface area (Å²) in [4.78, 5) is 28.5. The Kier molecular flexibility index (Phi) is 6.61. The van der Waals surface area contributed by atoms with Crippen molar-refractivity contribution >= 4 is 29.1 Å². The molecule has 128 valence electrons. The Hall–Kier alpha value is -2.08. The lowest BCUT2D eigenvalue weighted by Crippen LogP contribution is -2.22. The molecule has 1 aromatic carbocycles. The number of nitrogens with zero attached hydrogens (tertiary/aromatic N) is 2. The van der Waals surface area contributed by atoms with Crippen molar-refractivity contribution in [3.63, 3.8) is 0 Å². The fourth-order valence-electron chi connectivity index (χ4n) is 2.14. The lowest BCUT2D eigenvalue weighted by atomic mass is 10.1. The van der Waals surface area contributed by atoms with Crippen LogP contribution in [0.2, 0.25) is 0 Å². The van der Waals surface area contributed by atoms with E-state index >= 15 is 0 Å². The van der Waals surface area contributed by atoms with E-state index in [2.05, 4.69) is 17.2 Å². The van der Waals surface area contributed by atoms with Gasteiger partial charge in [-0.1, -0.05) is 13.3 Å². The number of aryl methyl sites for hydroxylation is 1. The Morgan fingerprint density at radius 1 is 1.29 bits per heavy atom. The number of benzene rings is 1. The number of carbonyl (C=O) groups excluding carboxylic acids is 2. The van der Waals surface area contributed by atoms with E-state index < -0.39 is 0 Å². The molecule has 1 amide bonds. The Bertz CT molecular complexity index is 695. The lowest BCUT2D eigenvalue weighted by molar-refractivity contribution is -0.115. The van der Waals surface area contributed by atoms with E-state index in [-0.39, 0.29) is 16.9 Å². The minimum atomic E-state index is -0.135. The summed E-state index contributed by atoms with van der Waals surface area (Å²) in [6.07, 6.45) is 5.58. The van der Waals surface area contributed by atoms with Gasteiger partial charge in [-0.2, -0.15) is 0 Å². The molecule has 1 heterocycles. The molecular weight excluding hydrogens is 322 g/mol. The maximum Gasteiger partial charge on any atom is 0.237 e. The Morgan fingerprint density at radius 2 is 2.00 bits per heavy atom. The minimum absolute atomic E-state index is 0.0146. The number of nitrogens with one attached hydrogen (secondary N) is 1. The Labute approximate surface area is 146 Å². The van der Waals surface area contributed by atoms with E-state index in [4.69, 9.17) is 0 Å². The van der Waals surface area contributed by atoms with Gasteiger partial charge in [-0.15, -0.1) is 11.8 Å². The summed E-state index contributed by atoms with van der Waals surface area (Å²) < 4.78 is 1.69. The SMILES string of the molecule is CCCCSC(C)C(=O)Nc1ccc(C(=O)c2nccn2C)cc1. The van der Waals surface area contributed by atoms with Crippen LogP contribution < -0.4 is 5.32 Å². The third kappa shape index (κ3) is 4.71. The van der Waals surface area contributed by atoms with Crippen LogP contribution in [0.25, 0.3) is 0 Å². The number of hydrogen-bond donors (Lipinski definition) is 1. The predicted molar refractivity (Wildman–Crippen MR) is 98.5 cm³/mol. The van der Waals surface area contributed by atoms with Crippen molar-refractivity contribution < 1.29 is 9.59 Å². The van der Waals surface area contributed by atoms with E-state index in [1.807, 2.05) is 6.92 Å². The molecule has 0 aliphatic rings. The lowest BCUT2D eigenvalue weighted by Gasteiger charge is -2.12. The highest BCUT2D eigenvalue weighted by atomic mass is 32.2. The molecule has 2 aromatic rings. The number of rotatable bonds is 8. The van der Waals surface area contributed by atoms with Gasteiger partial charge in [-0.25, -0.2) is 4.98 Å². The summed E-state index contributed by atoms with van der Waals surface area (Å²) in [5.41, 5.74) is 1.24. The summed E-state index contributed by atoms with van der Waals surface area (Å²) in [5.74, 6) is 1.23. The highest BCUT2D eigenvalue weighted by Crippen LogP contribution is 2.17. The Balaban J connectivity index is 1.96. The zero-order valence-electron chi connectivity index (χ0n) is 14.3. The molecule has 1 N–H and O–H groups in total. The summed E-state index contributed by atoms with van der Waals surface area (Å²) in [6, 6.07) is 6.91. The van der Waals surface area contributed by atoms with Crippen molar-refractivity contribution in [3.05, 3.63) is 48.0 Å². The first-order valence-electron chi connectivity index (χ1n) is 8.07. The van der Waals surface area contributed by atoms with Gasteiger partial charge in [0.25, 0.3) is 0 Å². The van der Waals surface area contributed by atoms with Crippen LogP contribution in [0, 0.1) is 0 Å². The minimum Gasteiger partial charge on any atom is -0.331 e. The van der Waals surface area contributed by atoms with Crippen molar-refractivity contribution in [2.75, 3.05) is 11.1 Å². The van der Waals surface area contributed by atoms with Crippen LogP contribution in [-0.4, -0.2) is 32.2 Å². The zero-order valence-corrected chi connectivity index (χ0v) is 15.1. The predicted octanol–water partition coefficient (Wildman–Crippen LogP) is 3.51. The largest absolute Gasteiger partial charge is 0.331 e. The van der Waals surface area contributed by atoms with Crippen molar-refractivity contribution in [2.45, 2.75) is 31.9 Å². The van der Waals surface area contributed by atoms with Crippen molar-refractivity contribution in [1.82, 2.24) is 9.55 Å². The molecule has 0 fully saturated rings. The number of ketones is 1. The third-order valence-corrected chi connectivity index (χ3v) is 4.91. The number of unbranched alkanes of at least 4 members (excludes halogenated alkanes) is 1. The van der Waals surface area contributed by atoms with Gasteiger partial charge in [-0.05, 0) is 43.4 Å². The van der Waals surface area contributed by atoms with Gasteiger partial charge in [-0.3, -0.25) is 9.59 Å². The van der Waals surface area contributed by atoms with Gasteiger partial charge >= 0.3 is 0 Å². The average Bonchev–Trinajstić information content (AvgIpc) is 3.01. The number of carbonyl (C=O) groups is 2. The fourth-order valence-corrected chi connectivity index (χ4v) is 3.16. The number of imidazole rings is 1. The molecule has 0 saturated heterocycles. The van der Waals surface area contributed by atoms with Gasteiger partial charge in [0, 0.05) is 30.7 Å². The highest BCUT2D eigenvalue weighted by molar-refractivity contribution is 8.00. The third-order valence-electron chi connectivity index (χ3n) is 3.67. The second kappa shape index (κ2) is 8.68. The van der Waals surface area contributed by atoms with Gasteiger partial charge in [0.15, 0.2) is 5.82 Å². The van der Waals surface area contributed by atoms with Crippen molar-refractivity contribution in [1.29, 1.82) is 0 Å². The standard InChI is InChI=1S/C18H23N3O2S/c1-4-5-12-24-13(2)18(23)20-15-8-6-14(7-9-15)16(22)17-19-10-11-21(17)3/h6-11,13H,4-5,12H2,1-3H3,(H,20,23). The van der Waals surface area contributed by atoms with Gasteiger partial charge in [0.1, 0.15) is 0 Å². The summed E-state index contributed by atoms with van der Waals surface area (Å²) in [5, 5.41) is 2.80. The molecule has 1 aromatic heterocycles. The van der Waals surface area contributed by atoms with Crippen molar-refractivity contribution in [2.24, 2.45) is 7.05 Å². The topological polar surface area (TPSA) is 64.0 Å². The Morgan fingerprint density at radius 3 is 2.58 bits per heavy atom. The van der Waals surface area contributed by atoms with Crippen LogP contribution in [0.1, 0.15) is 42.9 Å². The van der Waals surface area contributed by atoms with Gasteiger partial charge in [0.05, 0.1) is 5.25 Å². The number of thioether (sulfide) groups is 1. The average molecular weight is 345 g/mol. The first kappa shape index (κ1) is 18.3. The van der Waals surface area contributed by atoms with E-state index in [1.165, 1.54) is 0 Å². The summed E-state index contributed by atoms with van der Waals surface area (Å²) in [6.45, 7) is 4.05. The zero-order chi connectivity index (χ0) is 17.5. The number of aromatic nitrogens is 2. The van der Waals surface area contributed by atoms with E-state index in [0.717, 1.165) is 18.6 Å². The maximum absolute atomic E-state index is 12.3. The van der Waals surface area contributed by atoms with Crippen LogP contribution >= 0.6 is 11.8 Å². The molecule has 0 aliphatic carbocycles. The van der Waals surface area contributed by atoms with Crippen LogP contribution in [-0.2, 0) is 11.8 Å². The molecule has 2 rings (SSSR count). The molecular formula is C18H23N3O2S. The molecule has 1 unspecified atom stereocenters. The monoisotopic (exact) mass is 345 g/mol. The molecule has 0 aliphatic heterocycles. The summed E-state index contributed by atoms with van der Waals surface area (Å²) >= 11 is 1.66. The molecule has 0 bridgehead atoms. The molecule has 1 atom stereocenters. The fraction of sp³-hybridized carbons (Fsp3) is 0.389. The van der Waals surface area contributed by atoms with Crippen molar-refractivity contribution in [3.8, 4) is 0 Å².